The van der Waals surface area contributed by atoms with Crippen molar-refractivity contribution in [2.24, 2.45) is 0 Å². The molecule has 25 heavy (non-hydrogen) atoms. The van der Waals surface area contributed by atoms with E-state index >= 15 is 0 Å². The van der Waals surface area contributed by atoms with Crippen LogP contribution in [0.25, 0.3) is 0 Å². The Hall–Kier alpha value is -2.38. The SMILES string of the molecule is COc1ccc(COc2ccc(C(=O)C(C)OS(C)(=O)=O)cc2)cc1. The van der Waals surface area contributed by atoms with Crippen LogP contribution in [0.4, 0.5) is 0 Å². The van der Waals surface area contributed by atoms with Crippen molar-refractivity contribution in [2.45, 2.75) is 19.6 Å². The summed E-state index contributed by atoms with van der Waals surface area (Å²) in [5.41, 5.74) is 1.34. The third kappa shape index (κ3) is 5.88. The number of hydrogen-bond donors (Lipinski definition) is 0. The molecule has 0 aliphatic heterocycles. The predicted molar refractivity (Wildman–Crippen MR) is 93.5 cm³/mol. The molecule has 0 amide bonds. The summed E-state index contributed by atoms with van der Waals surface area (Å²) in [5.74, 6) is 0.966. The van der Waals surface area contributed by atoms with Crippen LogP contribution in [0.3, 0.4) is 0 Å². The van der Waals surface area contributed by atoms with Gasteiger partial charge in [-0.05, 0) is 48.9 Å². The molecule has 0 N–H and O–H groups in total. The molecule has 0 radical (unpaired) electrons. The van der Waals surface area contributed by atoms with E-state index in [1.54, 1.807) is 31.4 Å². The molecule has 0 fully saturated rings. The van der Waals surface area contributed by atoms with Crippen LogP contribution in [0.15, 0.2) is 48.5 Å². The quantitative estimate of drug-likeness (QED) is 0.529. The second kappa shape index (κ2) is 8.13. The molecule has 1 unspecified atom stereocenters. The second-order valence-electron chi connectivity index (χ2n) is 5.47. The van der Waals surface area contributed by atoms with Gasteiger partial charge in [0.15, 0.2) is 5.78 Å². The van der Waals surface area contributed by atoms with Crippen LogP contribution in [0.1, 0.15) is 22.8 Å². The molecule has 134 valence electrons. The van der Waals surface area contributed by atoms with Gasteiger partial charge in [0.05, 0.1) is 13.4 Å². The molecular formula is C18H20O6S. The molecule has 0 heterocycles. The van der Waals surface area contributed by atoms with Gasteiger partial charge >= 0.3 is 0 Å². The van der Waals surface area contributed by atoms with Gasteiger partial charge in [-0.3, -0.25) is 8.98 Å². The molecule has 0 saturated carbocycles. The zero-order valence-corrected chi connectivity index (χ0v) is 15.1. The van der Waals surface area contributed by atoms with E-state index in [2.05, 4.69) is 4.18 Å². The zero-order valence-electron chi connectivity index (χ0n) is 14.3. The van der Waals surface area contributed by atoms with Gasteiger partial charge in [0, 0.05) is 5.56 Å². The van der Waals surface area contributed by atoms with Crippen molar-refractivity contribution in [1.82, 2.24) is 0 Å². The minimum Gasteiger partial charge on any atom is -0.497 e. The lowest BCUT2D eigenvalue weighted by atomic mass is 10.1. The number of carbonyl (C=O) groups is 1. The maximum absolute atomic E-state index is 12.1. The average Bonchev–Trinajstić information content (AvgIpc) is 2.58. The fourth-order valence-electron chi connectivity index (χ4n) is 2.14. The summed E-state index contributed by atoms with van der Waals surface area (Å²) < 4.78 is 37.6. The Kier molecular flexibility index (Phi) is 6.17. The van der Waals surface area contributed by atoms with Gasteiger partial charge in [0.2, 0.25) is 0 Å². The molecule has 0 saturated heterocycles. The number of rotatable bonds is 8. The maximum atomic E-state index is 12.1. The van der Waals surface area contributed by atoms with Gasteiger partial charge in [0.1, 0.15) is 24.2 Å². The Morgan fingerprint density at radius 3 is 2.08 bits per heavy atom. The van der Waals surface area contributed by atoms with Gasteiger partial charge in [-0.2, -0.15) is 8.42 Å². The standard InChI is InChI=1S/C18H20O6S/c1-13(24-25(3,20)21)18(19)15-6-10-17(11-7-15)23-12-14-4-8-16(22-2)9-5-14/h4-11,13H,12H2,1-3H3. The number of carbonyl (C=O) groups excluding carboxylic acids is 1. The molecule has 1 atom stereocenters. The van der Waals surface area contributed by atoms with E-state index in [0.717, 1.165) is 17.6 Å². The monoisotopic (exact) mass is 364 g/mol. The molecular weight excluding hydrogens is 344 g/mol. The Morgan fingerprint density at radius 1 is 1.00 bits per heavy atom. The van der Waals surface area contributed by atoms with Crippen molar-refractivity contribution in [3.05, 3.63) is 59.7 Å². The first-order chi connectivity index (χ1) is 11.8. The highest BCUT2D eigenvalue weighted by Crippen LogP contribution is 2.17. The van der Waals surface area contributed by atoms with Crippen LogP contribution in [0.5, 0.6) is 11.5 Å². The molecule has 6 nitrogen and oxygen atoms in total. The minimum absolute atomic E-state index is 0.355. The lowest BCUT2D eigenvalue weighted by Crippen LogP contribution is -2.23. The largest absolute Gasteiger partial charge is 0.497 e. The van der Waals surface area contributed by atoms with E-state index in [-0.39, 0.29) is 0 Å². The third-order valence-electron chi connectivity index (χ3n) is 3.39. The van der Waals surface area contributed by atoms with Crippen molar-refractivity contribution >= 4 is 15.9 Å². The molecule has 0 aromatic heterocycles. The molecule has 0 bridgehead atoms. The van der Waals surface area contributed by atoms with E-state index in [1.165, 1.54) is 6.92 Å². The van der Waals surface area contributed by atoms with E-state index in [4.69, 9.17) is 9.47 Å². The Balaban J connectivity index is 1.95. The number of ether oxygens (including phenoxy) is 2. The van der Waals surface area contributed by atoms with Gasteiger partial charge in [-0.1, -0.05) is 12.1 Å². The highest BCUT2D eigenvalue weighted by Gasteiger charge is 2.20. The van der Waals surface area contributed by atoms with E-state index in [9.17, 15) is 13.2 Å². The first-order valence-electron chi connectivity index (χ1n) is 7.57. The normalized spacial score (nSPS) is 12.4. The first kappa shape index (κ1) is 19.0. The van der Waals surface area contributed by atoms with Crippen molar-refractivity contribution in [3.8, 4) is 11.5 Å². The smallest absolute Gasteiger partial charge is 0.265 e. The zero-order chi connectivity index (χ0) is 18.4. The van der Waals surface area contributed by atoms with Crippen LogP contribution in [0, 0.1) is 0 Å². The maximum Gasteiger partial charge on any atom is 0.265 e. The van der Waals surface area contributed by atoms with Crippen molar-refractivity contribution in [1.29, 1.82) is 0 Å². The van der Waals surface area contributed by atoms with E-state index in [0.29, 0.717) is 17.9 Å². The molecule has 0 aliphatic carbocycles. The summed E-state index contributed by atoms with van der Waals surface area (Å²) >= 11 is 0. The van der Waals surface area contributed by atoms with Gasteiger partial charge in [-0.15, -0.1) is 0 Å². The molecule has 0 spiro atoms. The van der Waals surface area contributed by atoms with Crippen LogP contribution >= 0.6 is 0 Å². The number of methoxy groups -OCH3 is 1. The lowest BCUT2D eigenvalue weighted by molar-refractivity contribution is 0.0827. The first-order valence-corrected chi connectivity index (χ1v) is 9.38. The molecule has 2 aromatic rings. The number of ketones is 1. The molecule has 7 heteroatoms. The number of benzene rings is 2. The van der Waals surface area contributed by atoms with Gasteiger partial charge in [0.25, 0.3) is 10.1 Å². The topological polar surface area (TPSA) is 78.9 Å². The summed E-state index contributed by atoms with van der Waals surface area (Å²) in [5, 5.41) is 0. The van der Waals surface area contributed by atoms with Gasteiger partial charge < -0.3 is 9.47 Å². The minimum atomic E-state index is -3.68. The fourth-order valence-corrected chi connectivity index (χ4v) is 2.76. The van der Waals surface area contributed by atoms with Crippen molar-refractivity contribution in [3.63, 3.8) is 0 Å². The van der Waals surface area contributed by atoms with Crippen LogP contribution in [-0.4, -0.2) is 33.7 Å². The number of hydrogen-bond acceptors (Lipinski definition) is 6. The lowest BCUT2D eigenvalue weighted by Gasteiger charge is -2.11. The Labute approximate surface area is 147 Å². The Bertz CT molecular complexity index is 810. The van der Waals surface area contributed by atoms with Crippen LogP contribution < -0.4 is 9.47 Å². The summed E-state index contributed by atoms with van der Waals surface area (Å²) in [6.45, 7) is 1.78. The summed E-state index contributed by atoms with van der Waals surface area (Å²) in [6, 6.07) is 14.0. The molecule has 2 rings (SSSR count). The highest BCUT2D eigenvalue weighted by atomic mass is 32.2. The van der Waals surface area contributed by atoms with Crippen LogP contribution in [-0.2, 0) is 20.9 Å². The predicted octanol–water partition coefficient (Wildman–Crippen LogP) is 2.82. The molecule has 0 aliphatic rings. The van der Waals surface area contributed by atoms with Crippen molar-refractivity contribution < 1.29 is 26.9 Å². The van der Waals surface area contributed by atoms with Crippen LogP contribution in [0.2, 0.25) is 0 Å². The van der Waals surface area contributed by atoms with E-state index in [1.807, 2.05) is 24.3 Å². The second-order valence-corrected chi connectivity index (χ2v) is 7.07. The summed E-state index contributed by atoms with van der Waals surface area (Å²) in [6.07, 6.45) is -0.159. The van der Waals surface area contributed by atoms with Gasteiger partial charge in [-0.25, -0.2) is 0 Å². The van der Waals surface area contributed by atoms with Crippen molar-refractivity contribution in [2.75, 3.05) is 13.4 Å². The Morgan fingerprint density at radius 2 is 1.56 bits per heavy atom. The molecule has 2 aromatic carbocycles. The fraction of sp³-hybridized carbons (Fsp3) is 0.278. The highest BCUT2D eigenvalue weighted by molar-refractivity contribution is 7.86. The summed E-state index contributed by atoms with van der Waals surface area (Å²) in [4.78, 5) is 12.1. The number of Topliss-reactive ketones (excluding diaryl/α,β-unsaturated/α-hetero) is 1. The summed E-state index contributed by atoms with van der Waals surface area (Å²) in [7, 11) is -2.08. The van der Waals surface area contributed by atoms with E-state index < -0.39 is 22.0 Å². The average molecular weight is 364 g/mol. The third-order valence-corrected chi connectivity index (χ3v) is 4.03.